The Morgan fingerprint density at radius 3 is 1.32 bits per heavy atom. The van der Waals surface area contributed by atoms with Crippen molar-refractivity contribution in [1.29, 1.82) is 0 Å². The molecule has 0 atom stereocenters. The summed E-state index contributed by atoms with van der Waals surface area (Å²) in [5.41, 5.74) is 11.7. The minimum atomic E-state index is -0.563. The Balaban J connectivity index is 1.96. The summed E-state index contributed by atoms with van der Waals surface area (Å²) in [5.74, 6) is 2.09. The number of rotatable bonds is 10. The van der Waals surface area contributed by atoms with E-state index in [1.807, 2.05) is 0 Å². The molecule has 0 heterocycles. The van der Waals surface area contributed by atoms with Crippen molar-refractivity contribution in [2.45, 2.75) is 58.8 Å². The highest BCUT2D eigenvalue weighted by Gasteiger charge is 2.49. The van der Waals surface area contributed by atoms with Crippen molar-refractivity contribution in [3.63, 3.8) is 0 Å². The maximum Gasteiger partial charge on any atom is 0.122 e. The van der Waals surface area contributed by atoms with E-state index in [9.17, 15) is 10.2 Å². The molecule has 0 amide bonds. The number of aliphatic hydroxyl groups is 2. The molecule has 4 aromatic carbocycles. The molecule has 0 saturated heterocycles. The maximum atomic E-state index is 9.47. The van der Waals surface area contributed by atoms with Gasteiger partial charge in [0.25, 0.3) is 0 Å². The standard InChI is InChI=1S/C37H42O4/c1-23(2)35-25(5)33(40-21-19-38)17-15-31(35)37(29-13-9-7-11-27(29)28-12-8-10-14-30(28)37)32-16-18-34(41-22-20-39)26(6)36(32)24(3)4/h7-18,23-24,38-39H,19-22H2,1-6H3. The van der Waals surface area contributed by atoms with Gasteiger partial charge in [-0.1, -0.05) is 88.4 Å². The van der Waals surface area contributed by atoms with E-state index in [0.717, 1.165) is 22.6 Å². The van der Waals surface area contributed by atoms with Crippen LogP contribution in [0.1, 0.15) is 84.0 Å². The third kappa shape index (κ3) is 4.64. The van der Waals surface area contributed by atoms with Crippen molar-refractivity contribution < 1.29 is 19.7 Å². The zero-order chi connectivity index (χ0) is 29.3. The van der Waals surface area contributed by atoms with Crippen molar-refractivity contribution in [3.8, 4) is 22.6 Å². The smallest absolute Gasteiger partial charge is 0.122 e. The van der Waals surface area contributed by atoms with Gasteiger partial charge in [0.1, 0.15) is 24.7 Å². The van der Waals surface area contributed by atoms with Gasteiger partial charge in [-0.05, 0) is 93.5 Å². The Labute approximate surface area is 244 Å². The highest BCUT2D eigenvalue weighted by molar-refractivity contribution is 5.87. The van der Waals surface area contributed by atoms with Crippen LogP contribution in [0.2, 0.25) is 0 Å². The average Bonchev–Trinajstić information content (AvgIpc) is 3.26. The van der Waals surface area contributed by atoms with Gasteiger partial charge in [-0.2, -0.15) is 0 Å². The summed E-state index contributed by atoms with van der Waals surface area (Å²) in [7, 11) is 0. The lowest BCUT2D eigenvalue weighted by Crippen LogP contribution is -2.32. The Kier molecular flexibility index (Phi) is 8.26. The molecule has 4 nitrogen and oxygen atoms in total. The molecule has 1 aliphatic rings. The Morgan fingerprint density at radius 1 is 0.561 bits per heavy atom. The first-order valence-corrected chi connectivity index (χ1v) is 14.7. The second-order valence-corrected chi connectivity index (χ2v) is 11.6. The van der Waals surface area contributed by atoms with Gasteiger partial charge in [0.2, 0.25) is 0 Å². The first kappa shape index (κ1) is 28.9. The first-order valence-electron chi connectivity index (χ1n) is 14.7. The topological polar surface area (TPSA) is 58.9 Å². The number of aliphatic hydroxyl groups excluding tert-OH is 2. The van der Waals surface area contributed by atoms with E-state index in [-0.39, 0.29) is 38.3 Å². The van der Waals surface area contributed by atoms with Crippen LogP contribution < -0.4 is 9.47 Å². The summed E-state index contributed by atoms with van der Waals surface area (Å²) in [6.07, 6.45) is 0. The monoisotopic (exact) mass is 550 g/mol. The highest BCUT2D eigenvalue weighted by atomic mass is 16.5. The summed E-state index contributed by atoms with van der Waals surface area (Å²) in [4.78, 5) is 0. The number of ether oxygens (including phenoxy) is 2. The molecule has 0 radical (unpaired) electrons. The van der Waals surface area contributed by atoms with E-state index in [2.05, 4.69) is 114 Å². The zero-order valence-electron chi connectivity index (χ0n) is 25.1. The fourth-order valence-corrected chi connectivity index (χ4v) is 7.14. The van der Waals surface area contributed by atoms with E-state index in [4.69, 9.17) is 9.47 Å². The van der Waals surface area contributed by atoms with Gasteiger partial charge in [0, 0.05) is 0 Å². The molecule has 0 bridgehead atoms. The Hall–Kier alpha value is -3.60. The van der Waals surface area contributed by atoms with Crippen molar-refractivity contribution >= 4 is 0 Å². The Morgan fingerprint density at radius 2 is 0.951 bits per heavy atom. The van der Waals surface area contributed by atoms with Gasteiger partial charge < -0.3 is 19.7 Å². The van der Waals surface area contributed by atoms with E-state index in [1.54, 1.807) is 0 Å². The average molecular weight is 551 g/mol. The molecule has 1 aliphatic carbocycles. The van der Waals surface area contributed by atoms with E-state index in [0.29, 0.717) is 0 Å². The first-order chi connectivity index (χ1) is 19.8. The molecule has 0 spiro atoms. The van der Waals surface area contributed by atoms with Crippen LogP contribution in [0.5, 0.6) is 11.5 Å². The lowest BCUT2D eigenvalue weighted by atomic mass is 9.62. The molecule has 0 unspecified atom stereocenters. The molecule has 0 fully saturated rings. The second kappa shape index (κ2) is 11.7. The van der Waals surface area contributed by atoms with Gasteiger partial charge in [-0.3, -0.25) is 0 Å². The molecule has 4 heteroatoms. The van der Waals surface area contributed by atoms with Crippen LogP contribution >= 0.6 is 0 Å². The SMILES string of the molecule is Cc1c(OCCO)ccc(C2(c3ccc(OCCO)c(C)c3C(C)C)c3ccccc3-c3ccccc32)c1C(C)C. The summed E-state index contributed by atoms with van der Waals surface area (Å²) in [5, 5.41) is 18.9. The van der Waals surface area contributed by atoms with Crippen LogP contribution in [0, 0.1) is 13.8 Å². The molecule has 0 aromatic heterocycles. The quantitative estimate of drug-likeness (QED) is 0.187. The zero-order valence-corrected chi connectivity index (χ0v) is 25.1. The van der Waals surface area contributed by atoms with Crippen LogP contribution in [-0.2, 0) is 5.41 Å². The molecule has 2 N–H and O–H groups in total. The van der Waals surface area contributed by atoms with Crippen molar-refractivity contribution in [1.82, 2.24) is 0 Å². The fraction of sp³-hybridized carbons (Fsp3) is 0.351. The largest absolute Gasteiger partial charge is 0.491 e. The third-order valence-electron chi connectivity index (χ3n) is 8.54. The number of hydrogen-bond acceptors (Lipinski definition) is 4. The molecule has 41 heavy (non-hydrogen) atoms. The van der Waals surface area contributed by atoms with E-state index >= 15 is 0 Å². The van der Waals surface area contributed by atoms with Crippen molar-refractivity contribution in [2.24, 2.45) is 0 Å². The van der Waals surface area contributed by atoms with Crippen LogP contribution in [0.3, 0.4) is 0 Å². The molecular formula is C37H42O4. The number of hydrogen-bond donors (Lipinski definition) is 2. The predicted molar refractivity (Wildman–Crippen MR) is 167 cm³/mol. The number of fused-ring (bicyclic) bond motifs is 3. The Bertz CT molecular complexity index is 1430. The third-order valence-corrected chi connectivity index (χ3v) is 8.54. The summed E-state index contributed by atoms with van der Waals surface area (Å²) >= 11 is 0. The normalized spacial score (nSPS) is 13.4. The fourth-order valence-electron chi connectivity index (χ4n) is 7.14. The van der Waals surface area contributed by atoms with Gasteiger partial charge in [-0.25, -0.2) is 0 Å². The van der Waals surface area contributed by atoms with Gasteiger partial charge in [0.15, 0.2) is 0 Å². The minimum Gasteiger partial charge on any atom is -0.491 e. The summed E-state index contributed by atoms with van der Waals surface area (Å²) in [6.45, 7) is 13.8. The van der Waals surface area contributed by atoms with Crippen molar-refractivity contribution in [3.05, 3.63) is 117 Å². The molecule has 214 valence electrons. The van der Waals surface area contributed by atoms with Crippen molar-refractivity contribution in [2.75, 3.05) is 26.4 Å². The van der Waals surface area contributed by atoms with Gasteiger partial charge in [-0.15, -0.1) is 0 Å². The molecule has 0 saturated carbocycles. The maximum absolute atomic E-state index is 9.47. The van der Waals surface area contributed by atoms with E-state index < -0.39 is 5.41 Å². The van der Waals surface area contributed by atoms with E-state index in [1.165, 1.54) is 44.5 Å². The second-order valence-electron chi connectivity index (χ2n) is 11.6. The molecular weight excluding hydrogens is 508 g/mol. The van der Waals surface area contributed by atoms with Gasteiger partial charge >= 0.3 is 0 Å². The summed E-state index contributed by atoms with van der Waals surface area (Å²) < 4.78 is 12.0. The summed E-state index contributed by atoms with van der Waals surface area (Å²) in [6, 6.07) is 26.3. The van der Waals surface area contributed by atoms with Crippen LogP contribution in [0.4, 0.5) is 0 Å². The van der Waals surface area contributed by atoms with Gasteiger partial charge in [0.05, 0.1) is 18.6 Å². The molecule has 0 aliphatic heterocycles. The molecule has 5 rings (SSSR count). The predicted octanol–water partition coefficient (Wildman–Crippen LogP) is 7.66. The van der Waals surface area contributed by atoms with Crippen LogP contribution in [-0.4, -0.2) is 36.6 Å². The van der Waals surface area contributed by atoms with Crippen LogP contribution in [0.25, 0.3) is 11.1 Å². The lowest BCUT2D eigenvalue weighted by Gasteiger charge is -2.39. The lowest BCUT2D eigenvalue weighted by molar-refractivity contribution is 0.200. The van der Waals surface area contributed by atoms with Crippen LogP contribution in [0.15, 0.2) is 72.8 Å². The molecule has 4 aromatic rings. The minimum absolute atomic E-state index is 0.0232. The highest BCUT2D eigenvalue weighted by Crippen LogP contribution is 2.59. The number of benzene rings is 4.